The van der Waals surface area contributed by atoms with Crippen LogP contribution in [0.5, 0.6) is 0 Å². The van der Waals surface area contributed by atoms with Crippen molar-refractivity contribution in [2.45, 2.75) is 102 Å². The van der Waals surface area contributed by atoms with Crippen LogP contribution in [0, 0.1) is 35.0 Å². The van der Waals surface area contributed by atoms with E-state index in [0.29, 0.717) is 17.8 Å². The number of ether oxygens (including phenoxy) is 1. The SMILES string of the molecule is N=C(N)C1CCC2CC(C(=O)NC3CCOCC3)N(CC3CCCC4CCCCC43)C2C1. The minimum atomic E-state index is 0.00233. The number of amides is 1. The number of amidine groups is 1. The van der Waals surface area contributed by atoms with Gasteiger partial charge in [-0.15, -0.1) is 0 Å². The Hall–Kier alpha value is -1.14. The largest absolute Gasteiger partial charge is 0.387 e. The Kier molecular flexibility index (Phi) is 7.08. The van der Waals surface area contributed by atoms with Crippen molar-refractivity contribution in [2.75, 3.05) is 19.8 Å². The normalized spacial score (nSPS) is 40.9. The van der Waals surface area contributed by atoms with Crippen molar-refractivity contribution < 1.29 is 9.53 Å². The quantitative estimate of drug-likeness (QED) is 0.446. The number of hydrogen-bond donors (Lipinski definition) is 3. The van der Waals surface area contributed by atoms with Crippen molar-refractivity contribution in [1.29, 1.82) is 5.41 Å². The lowest BCUT2D eigenvalue weighted by Gasteiger charge is -2.45. The van der Waals surface area contributed by atoms with E-state index in [0.717, 1.165) is 76.0 Å². The Bertz CT molecular complexity index is 677. The Balaban J connectivity index is 1.33. The molecule has 2 aliphatic heterocycles. The Morgan fingerprint density at radius 2 is 1.72 bits per heavy atom. The van der Waals surface area contributed by atoms with E-state index in [9.17, 15) is 4.79 Å². The third-order valence-electron chi connectivity index (χ3n) is 9.79. The molecular formula is C26H44N4O2. The molecule has 7 atom stereocenters. The Morgan fingerprint density at radius 1 is 0.938 bits per heavy atom. The van der Waals surface area contributed by atoms with Gasteiger partial charge in [0.15, 0.2) is 0 Å². The zero-order valence-electron chi connectivity index (χ0n) is 19.8. The molecule has 0 spiro atoms. The molecule has 6 heteroatoms. The van der Waals surface area contributed by atoms with Crippen LogP contribution in [0.4, 0.5) is 0 Å². The highest BCUT2D eigenvalue weighted by Gasteiger charge is 2.49. The topological polar surface area (TPSA) is 91.4 Å². The highest BCUT2D eigenvalue weighted by atomic mass is 16.5. The first-order valence-corrected chi connectivity index (χ1v) is 13.6. The van der Waals surface area contributed by atoms with E-state index in [1.807, 2.05) is 0 Å². The molecule has 3 aliphatic carbocycles. The molecule has 6 nitrogen and oxygen atoms in total. The highest BCUT2D eigenvalue weighted by molar-refractivity contribution is 5.83. The molecule has 0 aromatic heterocycles. The van der Waals surface area contributed by atoms with Crippen molar-refractivity contribution in [3.63, 3.8) is 0 Å². The second kappa shape index (κ2) is 10.0. The highest BCUT2D eigenvalue weighted by Crippen LogP contribution is 2.47. The Morgan fingerprint density at radius 3 is 2.53 bits per heavy atom. The fourth-order valence-electron chi connectivity index (χ4n) is 8.06. The first kappa shape index (κ1) is 22.6. The van der Waals surface area contributed by atoms with Gasteiger partial charge < -0.3 is 15.8 Å². The maximum absolute atomic E-state index is 13.5. The molecule has 2 heterocycles. The van der Waals surface area contributed by atoms with Crippen LogP contribution in [0.25, 0.3) is 0 Å². The van der Waals surface area contributed by atoms with Crippen LogP contribution in [0.3, 0.4) is 0 Å². The molecule has 0 aromatic rings. The molecule has 32 heavy (non-hydrogen) atoms. The Labute approximate surface area is 193 Å². The third kappa shape index (κ3) is 4.72. The van der Waals surface area contributed by atoms with Crippen LogP contribution < -0.4 is 11.1 Å². The van der Waals surface area contributed by atoms with Gasteiger partial charge in [-0.3, -0.25) is 15.1 Å². The van der Waals surface area contributed by atoms with Gasteiger partial charge in [0, 0.05) is 37.8 Å². The summed E-state index contributed by atoms with van der Waals surface area (Å²) in [5.41, 5.74) is 5.96. The van der Waals surface area contributed by atoms with Gasteiger partial charge in [0.2, 0.25) is 5.91 Å². The molecule has 5 rings (SSSR count). The van der Waals surface area contributed by atoms with Crippen LogP contribution >= 0.6 is 0 Å². The van der Waals surface area contributed by atoms with Crippen molar-refractivity contribution in [3.8, 4) is 0 Å². The number of likely N-dealkylation sites (tertiary alicyclic amines) is 1. The summed E-state index contributed by atoms with van der Waals surface area (Å²) in [6, 6.07) is 0.692. The summed E-state index contributed by atoms with van der Waals surface area (Å²) in [7, 11) is 0. The molecule has 180 valence electrons. The second-order valence-electron chi connectivity index (χ2n) is 11.5. The molecule has 1 amide bonds. The first-order valence-electron chi connectivity index (χ1n) is 13.6. The van der Waals surface area contributed by atoms with Gasteiger partial charge in [-0.2, -0.15) is 0 Å². The summed E-state index contributed by atoms with van der Waals surface area (Å²) < 4.78 is 5.50. The lowest BCUT2D eigenvalue weighted by Crippen LogP contribution is -2.53. The van der Waals surface area contributed by atoms with E-state index in [1.54, 1.807) is 0 Å². The van der Waals surface area contributed by atoms with Crippen LogP contribution in [0.2, 0.25) is 0 Å². The van der Waals surface area contributed by atoms with Crippen LogP contribution in [0.15, 0.2) is 0 Å². The van der Waals surface area contributed by atoms with Crippen molar-refractivity contribution in [1.82, 2.24) is 10.2 Å². The fraction of sp³-hybridized carbons (Fsp3) is 0.923. The van der Waals surface area contributed by atoms with Crippen LogP contribution in [0.1, 0.15) is 83.5 Å². The van der Waals surface area contributed by atoms with Gasteiger partial charge in [0.25, 0.3) is 0 Å². The molecule has 0 radical (unpaired) electrons. The standard InChI is InChI=1S/C26H44N4O2/c27-25(28)19-9-8-18-14-24(26(31)29-21-10-12-32-13-11-21)30(23(18)15-19)16-20-6-3-5-17-4-1-2-7-22(17)20/h17-24H,1-16H2,(H3,27,28)(H,29,31). The lowest BCUT2D eigenvalue weighted by molar-refractivity contribution is -0.127. The smallest absolute Gasteiger partial charge is 0.237 e. The average Bonchev–Trinajstić information content (AvgIpc) is 3.18. The summed E-state index contributed by atoms with van der Waals surface area (Å²) >= 11 is 0. The summed E-state index contributed by atoms with van der Waals surface area (Å²) in [5, 5.41) is 11.5. The van der Waals surface area contributed by atoms with Gasteiger partial charge in [-0.1, -0.05) is 32.1 Å². The zero-order valence-corrected chi connectivity index (χ0v) is 19.8. The van der Waals surface area contributed by atoms with Crippen LogP contribution in [-0.2, 0) is 9.53 Å². The fourth-order valence-corrected chi connectivity index (χ4v) is 8.06. The summed E-state index contributed by atoms with van der Waals surface area (Å²) in [4.78, 5) is 16.2. The molecule has 0 aromatic carbocycles. The number of rotatable bonds is 5. The van der Waals surface area contributed by atoms with Gasteiger partial charge in [0.05, 0.1) is 11.9 Å². The number of carbonyl (C=O) groups is 1. The van der Waals surface area contributed by atoms with Gasteiger partial charge in [-0.05, 0) is 75.0 Å². The van der Waals surface area contributed by atoms with Crippen LogP contribution in [-0.4, -0.2) is 54.5 Å². The van der Waals surface area contributed by atoms with Gasteiger partial charge in [0.1, 0.15) is 0 Å². The third-order valence-corrected chi connectivity index (χ3v) is 9.79. The predicted molar refractivity (Wildman–Crippen MR) is 126 cm³/mol. The van der Waals surface area contributed by atoms with Crippen molar-refractivity contribution in [2.24, 2.45) is 35.3 Å². The van der Waals surface area contributed by atoms with E-state index in [2.05, 4.69) is 10.2 Å². The molecule has 5 fully saturated rings. The van der Waals surface area contributed by atoms with Crippen molar-refractivity contribution in [3.05, 3.63) is 0 Å². The number of hydrogen-bond acceptors (Lipinski definition) is 4. The summed E-state index contributed by atoms with van der Waals surface area (Å²) in [5.74, 6) is 3.91. The lowest BCUT2D eigenvalue weighted by atomic mass is 9.65. The van der Waals surface area contributed by atoms with Crippen molar-refractivity contribution >= 4 is 11.7 Å². The average molecular weight is 445 g/mol. The summed E-state index contributed by atoms with van der Waals surface area (Å²) in [6.45, 7) is 2.60. The van der Waals surface area contributed by atoms with Gasteiger partial charge in [-0.25, -0.2) is 0 Å². The molecule has 7 unspecified atom stereocenters. The van der Waals surface area contributed by atoms with E-state index >= 15 is 0 Å². The molecule has 5 aliphatic rings. The summed E-state index contributed by atoms with van der Waals surface area (Å²) in [6.07, 6.45) is 15.7. The first-order chi connectivity index (χ1) is 15.6. The minimum Gasteiger partial charge on any atom is -0.387 e. The van der Waals surface area contributed by atoms with E-state index < -0.39 is 0 Å². The minimum absolute atomic E-state index is 0.00233. The second-order valence-corrected chi connectivity index (χ2v) is 11.5. The van der Waals surface area contributed by atoms with E-state index in [4.69, 9.17) is 15.9 Å². The zero-order chi connectivity index (χ0) is 22.1. The van der Waals surface area contributed by atoms with Gasteiger partial charge >= 0.3 is 0 Å². The molecule has 2 saturated heterocycles. The molecular weight excluding hydrogens is 400 g/mol. The number of nitrogens with one attached hydrogen (secondary N) is 2. The molecule has 3 saturated carbocycles. The maximum atomic E-state index is 13.5. The number of nitrogens with zero attached hydrogens (tertiary/aromatic N) is 1. The predicted octanol–water partition coefficient (Wildman–Crippen LogP) is 3.68. The van der Waals surface area contributed by atoms with E-state index in [1.165, 1.54) is 44.9 Å². The monoisotopic (exact) mass is 444 g/mol. The molecule has 0 bridgehead atoms. The molecule has 4 N–H and O–H groups in total. The number of fused-ring (bicyclic) bond motifs is 2. The maximum Gasteiger partial charge on any atom is 0.237 e. The number of carbonyl (C=O) groups excluding carboxylic acids is 1. The number of nitrogens with two attached hydrogens (primary N) is 1. The van der Waals surface area contributed by atoms with E-state index in [-0.39, 0.29) is 23.9 Å².